The van der Waals surface area contributed by atoms with Crippen molar-refractivity contribution in [2.45, 2.75) is 18.2 Å². The first-order valence-corrected chi connectivity index (χ1v) is 6.74. The van der Waals surface area contributed by atoms with Crippen LogP contribution in [0.4, 0.5) is 0 Å². The maximum Gasteiger partial charge on any atom is 0.328 e. The number of aromatic amines is 1. The van der Waals surface area contributed by atoms with Crippen LogP contribution >= 0.6 is 11.3 Å². The Morgan fingerprint density at radius 2 is 2.10 bits per heavy atom. The van der Waals surface area contributed by atoms with Crippen molar-refractivity contribution in [2.75, 3.05) is 0 Å². The highest BCUT2D eigenvalue weighted by Crippen LogP contribution is 2.24. The molecule has 0 radical (unpaired) electrons. The minimum Gasteiger partial charge on any atom is -0.388 e. The van der Waals surface area contributed by atoms with Crippen LogP contribution in [0.3, 0.4) is 0 Å². The highest BCUT2D eigenvalue weighted by molar-refractivity contribution is 7.13. The largest absolute Gasteiger partial charge is 0.388 e. The van der Waals surface area contributed by atoms with Gasteiger partial charge in [-0.2, -0.15) is 0 Å². The molecule has 0 fully saturated rings. The summed E-state index contributed by atoms with van der Waals surface area (Å²) in [5, 5.41) is 19.3. The monoisotopic (exact) mass is 293 g/mol. The van der Waals surface area contributed by atoms with Crippen molar-refractivity contribution in [3.8, 4) is 10.4 Å². The van der Waals surface area contributed by atoms with Crippen LogP contribution in [0.5, 0.6) is 0 Å². The number of aliphatic hydroxyl groups excluding tert-OH is 2. The summed E-state index contributed by atoms with van der Waals surface area (Å²) in [6.07, 6.45) is 3.72. The quantitative estimate of drug-likeness (QED) is 0.646. The van der Waals surface area contributed by atoms with Crippen LogP contribution in [0.15, 0.2) is 39.6 Å². The summed E-state index contributed by atoms with van der Waals surface area (Å²) in [6.45, 7) is 0. The van der Waals surface area contributed by atoms with Gasteiger partial charge in [0.2, 0.25) is 0 Å². The van der Waals surface area contributed by atoms with Crippen molar-refractivity contribution < 1.29 is 10.2 Å². The summed E-state index contributed by atoms with van der Waals surface area (Å²) in [5.41, 5.74) is 0.742. The fraction of sp³-hybridized carbons (Fsp3) is 0.250. The van der Waals surface area contributed by atoms with E-state index in [-0.39, 0.29) is 0 Å². The van der Waals surface area contributed by atoms with E-state index in [9.17, 15) is 19.8 Å². The van der Waals surface area contributed by atoms with Crippen LogP contribution in [0, 0.1) is 0 Å². The summed E-state index contributed by atoms with van der Waals surface area (Å²) >= 11 is 1.27. The van der Waals surface area contributed by atoms with Crippen LogP contribution in [0.2, 0.25) is 0 Å². The van der Waals surface area contributed by atoms with E-state index in [0.29, 0.717) is 10.4 Å². The number of nitrogens with one attached hydrogen (secondary N) is 1. The first kappa shape index (κ1) is 13.0. The van der Waals surface area contributed by atoms with Crippen LogP contribution in [0.25, 0.3) is 10.4 Å². The minimum absolute atomic E-state index is 0.300. The number of aliphatic hydroxyl groups is 2. The first-order valence-electron chi connectivity index (χ1n) is 5.86. The molecule has 0 bridgehead atoms. The lowest BCUT2D eigenvalue weighted by molar-refractivity contribution is 0.0357. The van der Waals surface area contributed by atoms with Gasteiger partial charge in [0.15, 0.2) is 0 Å². The predicted octanol–water partition coefficient (Wildman–Crippen LogP) is -0.507. The Morgan fingerprint density at radius 1 is 1.30 bits per heavy atom. The molecular formula is C12H11N3O4S. The lowest BCUT2D eigenvalue weighted by Gasteiger charge is -2.19. The smallest absolute Gasteiger partial charge is 0.328 e. The minimum atomic E-state index is -1.12. The van der Waals surface area contributed by atoms with Crippen molar-refractivity contribution in [1.29, 1.82) is 0 Å². The van der Waals surface area contributed by atoms with Gasteiger partial charge in [-0.05, 0) is 0 Å². The third-order valence-electron chi connectivity index (χ3n) is 3.19. The zero-order chi connectivity index (χ0) is 14.3. The average Bonchev–Trinajstić information content (AvgIpc) is 3.03. The maximum absolute atomic E-state index is 11.9. The van der Waals surface area contributed by atoms with E-state index < -0.39 is 29.5 Å². The SMILES string of the molecule is O=c1[nH]c(=O)n([C@@H]2C=C[C@@H](O)[C@H]2O)cc1-c1cncs1. The number of rotatable bonds is 2. The van der Waals surface area contributed by atoms with Crippen LogP contribution in [-0.2, 0) is 0 Å². The lowest BCUT2D eigenvalue weighted by Crippen LogP contribution is -2.37. The zero-order valence-electron chi connectivity index (χ0n) is 10.1. The Labute approximate surface area is 116 Å². The van der Waals surface area contributed by atoms with E-state index in [1.807, 2.05) is 0 Å². The molecule has 1 aliphatic carbocycles. The molecule has 1 aliphatic rings. The predicted molar refractivity (Wildman–Crippen MR) is 72.6 cm³/mol. The number of hydrogen-bond donors (Lipinski definition) is 3. The van der Waals surface area contributed by atoms with Crippen LogP contribution in [0.1, 0.15) is 6.04 Å². The third kappa shape index (κ3) is 2.03. The van der Waals surface area contributed by atoms with E-state index in [4.69, 9.17) is 0 Å². The van der Waals surface area contributed by atoms with Crippen molar-refractivity contribution >= 4 is 11.3 Å². The second-order valence-electron chi connectivity index (χ2n) is 4.43. The summed E-state index contributed by atoms with van der Waals surface area (Å²) < 4.78 is 1.20. The van der Waals surface area contributed by atoms with E-state index >= 15 is 0 Å². The maximum atomic E-state index is 11.9. The molecular weight excluding hydrogens is 282 g/mol. The topological polar surface area (TPSA) is 108 Å². The highest BCUT2D eigenvalue weighted by Gasteiger charge is 2.30. The van der Waals surface area contributed by atoms with Gasteiger partial charge < -0.3 is 10.2 Å². The average molecular weight is 293 g/mol. The molecule has 3 N–H and O–H groups in total. The van der Waals surface area contributed by atoms with E-state index in [2.05, 4.69) is 9.97 Å². The fourth-order valence-corrected chi connectivity index (χ4v) is 2.78. The van der Waals surface area contributed by atoms with Gasteiger partial charge in [-0.3, -0.25) is 19.3 Å². The standard InChI is InChI=1S/C12H11N3O4S/c16-8-2-1-7(10(8)17)15-4-6(9-3-13-5-20-9)11(18)14-12(15)19/h1-5,7-8,10,16-17H,(H,14,18,19)/t7-,8-,10+/m1/s1. The molecule has 2 heterocycles. The lowest BCUT2D eigenvalue weighted by atomic mass is 10.2. The number of aromatic nitrogens is 3. The van der Waals surface area contributed by atoms with Crippen molar-refractivity contribution in [3.63, 3.8) is 0 Å². The molecule has 104 valence electrons. The van der Waals surface area contributed by atoms with E-state index in [1.54, 1.807) is 5.51 Å². The highest BCUT2D eigenvalue weighted by atomic mass is 32.1. The molecule has 0 saturated heterocycles. The van der Waals surface area contributed by atoms with Gasteiger partial charge in [-0.1, -0.05) is 12.2 Å². The number of nitrogens with zero attached hydrogens (tertiary/aromatic N) is 2. The Morgan fingerprint density at radius 3 is 2.70 bits per heavy atom. The molecule has 20 heavy (non-hydrogen) atoms. The molecule has 0 spiro atoms. The van der Waals surface area contributed by atoms with Crippen LogP contribution < -0.4 is 11.2 Å². The number of H-pyrrole nitrogens is 1. The van der Waals surface area contributed by atoms with Crippen molar-refractivity contribution in [1.82, 2.24) is 14.5 Å². The molecule has 0 saturated carbocycles. The molecule has 0 unspecified atom stereocenters. The third-order valence-corrected chi connectivity index (χ3v) is 4.00. The second-order valence-corrected chi connectivity index (χ2v) is 5.32. The van der Waals surface area contributed by atoms with E-state index in [1.165, 1.54) is 40.4 Å². The normalized spacial score (nSPS) is 25.2. The van der Waals surface area contributed by atoms with Gasteiger partial charge in [0, 0.05) is 12.4 Å². The van der Waals surface area contributed by atoms with Crippen LogP contribution in [-0.4, -0.2) is 37.0 Å². The van der Waals surface area contributed by atoms with Gasteiger partial charge in [0.05, 0.1) is 22.0 Å². The summed E-state index contributed by atoms with van der Waals surface area (Å²) in [5.74, 6) is 0. The molecule has 2 aromatic rings. The summed E-state index contributed by atoms with van der Waals surface area (Å²) in [4.78, 5) is 30.4. The molecule has 7 nitrogen and oxygen atoms in total. The van der Waals surface area contributed by atoms with Gasteiger partial charge >= 0.3 is 5.69 Å². The van der Waals surface area contributed by atoms with Gasteiger partial charge in [0.1, 0.15) is 12.2 Å². The Balaban J connectivity index is 2.13. The fourth-order valence-electron chi connectivity index (χ4n) is 2.15. The summed E-state index contributed by atoms with van der Waals surface area (Å²) in [7, 11) is 0. The van der Waals surface area contributed by atoms with Gasteiger partial charge in [-0.25, -0.2) is 4.79 Å². The molecule has 8 heteroatoms. The Kier molecular flexibility index (Phi) is 3.13. The van der Waals surface area contributed by atoms with Crippen molar-refractivity contribution in [3.05, 3.63) is 50.9 Å². The molecule has 0 aliphatic heterocycles. The molecule has 3 rings (SSSR count). The van der Waals surface area contributed by atoms with E-state index in [0.717, 1.165) is 0 Å². The molecule has 2 aromatic heterocycles. The summed E-state index contributed by atoms with van der Waals surface area (Å²) in [6, 6.07) is -0.707. The Hall–Kier alpha value is -2.03. The molecule has 0 amide bonds. The second kappa shape index (κ2) is 4.82. The van der Waals surface area contributed by atoms with Crippen molar-refractivity contribution in [2.24, 2.45) is 0 Å². The number of thiazole rings is 1. The molecule has 0 aromatic carbocycles. The van der Waals surface area contributed by atoms with Gasteiger partial charge in [-0.15, -0.1) is 11.3 Å². The molecule has 3 atom stereocenters. The zero-order valence-corrected chi connectivity index (χ0v) is 10.9. The van der Waals surface area contributed by atoms with Gasteiger partial charge in [0.25, 0.3) is 5.56 Å². The first-order chi connectivity index (χ1) is 9.58. The Bertz CT molecular complexity index is 762. The number of hydrogen-bond acceptors (Lipinski definition) is 6.